The van der Waals surface area contributed by atoms with Crippen LogP contribution in [0.4, 0.5) is 0 Å². The number of aromatic nitrogens is 1. The van der Waals surface area contributed by atoms with Gasteiger partial charge < -0.3 is 4.84 Å². The van der Waals surface area contributed by atoms with Gasteiger partial charge in [-0.3, -0.25) is 4.98 Å². The van der Waals surface area contributed by atoms with E-state index in [1.54, 1.807) is 12.4 Å². The Labute approximate surface area is 123 Å². The van der Waals surface area contributed by atoms with Crippen LogP contribution in [0.2, 0.25) is 0 Å². The van der Waals surface area contributed by atoms with Gasteiger partial charge in [-0.2, -0.15) is 0 Å². The fourth-order valence-corrected chi connectivity index (χ4v) is 2.07. The highest BCUT2D eigenvalue weighted by atomic mass is 16.6. The molecular formula is C17H28N2O. The average Bonchev–Trinajstić information content (AvgIpc) is 2.50. The highest BCUT2D eigenvalue weighted by Gasteiger charge is 1.97. The van der Waals surface area contributed by atoms with E-state index in [9.17, 15) is 0 Å². The van der Waals surface area contributed by atoms with Crippen molar-refractivity contribution >= 4 is 5.71 Å². The van der Waals surface area contributed by atoms with Gasteiger partial charge in [0.05, 0.1) is 5.71 Å². The predicted octanol–water partition coefficient (Wildman–Crippen LogP) is 4.96. The summed E-state index contributed by atoms with van der Waals surface area (Å²) < 4.78 is 0. The van der Waals surface area contributed by atoms with Crippen molar-refractivity contribution in [1.82, 2.24) is 4.98 Å². The molecule has 0 radical (unpaired) electrons. The maximum atomic E-state index is 5.36. The molecule has 0 saturated carbocycles. The fraction of sp³-hybridized carbons (Fsp3) is 0.647. The fourth-order valence-electron chi connectivity index (χ4n) is 2.07. The van der Waals surface area contributed by atoms with Crippen molar-refractivity contribution in [2.75, 3.05) is 6.61 Å². The van der Waals surface area contributed by atoms with Crippen molar-refractivity contribution in [3.63, 3.8) is 0 Å². The molecule has 112 valence electrons. The molecule has 0 atom stereocenters. The predicted molar refractivity (Wildman–Crippen MR) is 85.0 cm³/mol. The van der Waals surface area contributed by atoms with E-state index in [0.29, 0.717) is 6.61 Å². The standard InChI is InChI=1S/C17H28N2O/c1-3-4-5-6-7-8-9-10-14-20-19-16(2)17-12-11-13-18-15-17/h11-13,15H,3-10,14H2,1-2H3. The number of hydrogen-bond acceptors (Lipinski definition) is 3. The maximum absolute atomic E-state index is 5.36. The minimum absolute atomic E-state index is 0.715. The van der Waals surface area contributed by atoms with Gasteiger partial charge >= 0.3 is 0 Å². The lowest BCUT2D eigenvalue weighted by Gasteiger charge is -2.03. The van der Waals surface area contributed by atoms with Gasteiger partial charge in [0.2, 0.25) is 0 Å². The minimum atomic E-state index is 0.715. The van der Waals surface area contributed by atoms with Crippen LogP contribution < -0.4 is 0 Å². The molecule has 0 aliphatic heterocycles. The molecule has 0 aromatic carbocycles. The van der Waals surface area contributed by atoms with Crippen LogP contribution in [0.25, 0.3) is 0 Å². The highest BCUT2D eigenvalue weighted by molar-refractivity contribution is 5.97. The first-order valence-electron chi connectivity index (χ1n) is 7.91. The van der Waals surface area contributed by atoms with E-state index in [-0.39, 0.29) is 0 Å². The van der Waals surface area contributed by atoms with Crippen molar-refractivity contribution in [2.45, 2.75) is 65.2 Å². The third-order valence-corrected chi connectivity index (χ3v) is 3.37. The molecule has 0 aliphatic carbocycles. The van der Waals surface area contributed by atoms with Gasteiger partial charge in [-0.05, 0) is 31.9 Å². The van der Waals surface area contributed by atoms with Crippen LogP contribution in [-0.2, 0) is 4.84 Å². The highest BCUT2D eigenvalue weighted by Crippen LogP contribution is 2.08. The SMILES string of the molecule is CCCCCCCCCCON=C(C)c1cccnc1. The molecule has 0 N–H and O–H groups in total. The first kappa shape index (κ1) is 16.7. The normalized spacial score (nSPS) is 11.6. The smallest absolute Gasteiger partial charge is 0.117 e. The summed E-state index contributed by atoms with van der Waals surface area (Å²) in [5.74, 6) is 0. The Balaban J connectivity index is 1.99. The van der Waals surface area contributed by atoms with E-state index in [1.807, 2.05) is 19.1 Å². The molecule has 0 unspecified atom stereocenters. The van der Waals surface area contributed by atoms with Crippen LogP contribution in [0.15, 0.2) is 29.7 Å². The lowest BCUT2D eigenvalue weighted by molar-refractivity contribution is 0.139. The van der Waals surface area contributed by atoms with Crippen molar-refractivity contribution < 1.29 is 4.84 Å². The van der Waals surface area contributed by atoms with Gasteiger partial charge in [-0.25, -0.2) is 0 Å². The Hall–Kier alpha value is -1.38. The molecule has 20 heavy (non-hydrogen) atoms. The monoisotopic (exact) mass is 276 g/mol. The third kappa shape index (κ3) is 7.93. The minimum Gasteiger partial charge on any atom is -0.396 e. The second kappa shape index (κ2) is 11.4. The number of unbranched alkanes of at least 4 members (excludes halogenated alkanes) is 7. The molecule has 1 heterocycles. The molecule has 1 aromatic rings. The van der Waals surface area contributed by atoms with Crippen LogP contribution in [0.1, 0.15) is 70.8 Å². The van der Waals surface area contributed by atoms with Crippen LogP contribution in [0.3, 0.4) is 0 Å². The third-order valence-electron chi connectivity index (χ3n) is 3.37. The lowest BCUT2D eigenvalue weighted by Crippen LogP contribution is -1.98. The number of hydrogen-bond donors (Lipinski definition) is 0. The van der Waals surface area contributed by atoms with Gasteiger partial charge in [-0.1, -0.05) is 50.6 Å². The van der Waals surface area contributed by atoms with Crippen molar-refractivity contribution in [3.05, 3.63) is 30.1 Å². The first-order valence-corrected chi connectivity index (χ1v) is 7.91. The van der Waals surface area contributed by atoms with Gasteiger partial charge in [0.25, 0.3) is 0 Å². The Morgan fingerprint density at radius 1 is 1.10 bits per heavy atom. The van der Waals surface area contributed by atoms with E-state index in [2.05, 4.69) is 17.1 Å². The van der Waals surface area contributed by atoms with Crippen LogP contribution >= 0.6 is 0 Å². The zero-order chi connectivity index (χ0) is 14.5. The summed E-state index contributed by atoms with van der Waals surface area (Å²) in [6.45, 7) is 4.92. The van der Waals surface area contributed by atoms with E-state index >= 15 is 0 Å². The van der Waals surface area contributed by atoms with Crippen LogP contribution in [-0.4, -0.2) is 17.3 Å². The maximum Gasteiger partial charge on any atom is 0.117 e. The van der Waals surface area contributed by atoms with Crippen molar-refractivity contribution in [3.8, 4) is 0 Å². The van der Waals surface area contributed by atoms with Crippen molar-refractivity contribution in [2.24, 2.45) is 5.16 Å². The van der Waals surface area contributed by atoms with E-state index in [1.165, 1.54) is 44.9 Å². The molecule has 1 aromatic heterocycles. The molecule has 0 fully saturated rings. The second-order valence-corrected chi connectivity index (χ2v) is 5.23. The first-order chi connectivity index (χ1) is 9.84. The molecule has 0 bridgehead atoms. The van der Waals surface area contributed by atoms with Crippen LogP contribution in [0, 0.1) is 0 Å². The Morgan fingerprint density at radius 2 is 1.80 bits per heavy atom. The zero-order valence-corrected chi connectivity index (χ0v) is 13.0. The van der Waals surface area contributed by atoms with E-state index < -0.39 is 0 Å². The molecular weight excluding hydrogens is 248 g/mol. The molecule has 3 nitrogen and oxygen atoms in total. The lowest BCUT2D eigenvalue weighted by atomic mass is 10.1. The largest absolute Gasteiger partial charge is 0.396 e. The Morgan fingerprint density at radius 3 is 2.45 bits per heavy atom. The van der Waals surface area contributed by atoms with Crippen molar-refractivity contribution in [1.29, 1.82) is 0 Å². The van der Waals surface area contributed by atoms with Crippen LogP contribution in [0.5, 0.6) is 0 Å². The summed E-state index contributed by atoms with van der Waals surface area (Å²) in [5.41, 5.74) is 1.90. The van der Waals surface area contributed by atoms with E-state index in [0.717, 1.165) is 17.7 Å². The summed E-state index contributed by atoms with van der Waals surface area (Å²) in [4.78, 5) is 9.42. The topological polar surface area (TPSA) is 34.5 Å². The number of oxime groups is 1. The molecule has 0 aliphatic rings. The summed E-state index contributed by atoms with van der Waals surface area (Å²) in [6.07, 6.45) is 14.1. The number of pyridine rings is 1. The molecule has 3 heteroatoms. The Bertz CT molecular complexity index is 363. The average molecular weight is 276 g/mol. The quantitative estimate of drug-likeness (QED) is 0.325. The summed E-state index contributed by atoms with van der Waals surface area (Å²) >= 11 is 0. The van der Waals surface area contributed by atoms with E-state index in [4.69, 9.17) is 4.84 Å². The zero-order valence-electron chi connectivity index (χ0n) is 13.0. The van der Waals surface area contributed by atoms with Gasteiger partial charge in [-0.15, -0.1) is 0 Å². The summed E-state index contributed by atoms with van der Waals surface area (Å²) in [6, 6.07) is 3.90. The molecule has 0 amide bonds. The summed E-state index contributed by atoms with van der Waals surface area (Å²) in [7, 11) is 0. The molecule has 1 rings (SSSR count). The number of nitrogens with zero attached hydrogens (tertiary/aromatic N) is 2. The Kier molecular flexibility index (Phi) is 9.54. The van der Waals surface area contributed by atoms with Gasteiger partial charge in [0, 0.05) is 18.0 Å². The summed E-state index contributed by atoms with van der Waals surface area (Å²) in [5, 5.41) is 4.13. The molecule has 0 spiro atoms. The number of rotatable bonds is 11. The van der Waals surface area contributed by atoms with Gasteiger partial charge in [0.1, 0.15) is 6.61 Å². The second-order valence-electron chi connectivity index (χ2n) is 5.23. The molecule has 0 saturated heterocycles. The van der Waals surface area contributed by atoms with Gasteiger partial charge in [0.15, 0.2) is 0 Å².